The molecule has 0 radical (unpaired) electrons. The first kappa shape index (κ1) is 12.8. The number of hydrogen-bond acceptors (Lipinski definition) is 2. The second kappa shape index (κ2) is 5.17. The topological polar surface area (TPSA) is 26.0 Å². The van der Waals surface area contributed by atoms with Crippen LogP contribution in [0.3, 0.4) is 0 Å². The van der Waals surface area contributed by atoms with E-state index < -0.39 is 0 Å². The van der Waals surface area contributed by atoms with Crippen LogP contribution in [0.4, 0.5) is 0 Å². The highest BCUT2D eigenvalue weighted by Gasteiger charge is 2.06. The van der Waals surface area contributed by atoms with Gasteiger partial charge in [-0.3, -0.25) is 0 Å². The van der Waals surface area contributed by atoms with E-state index in [4.69, 9.17) is 17.3 Å². The van der Waals surface area contributed by atoms with Gasteiger partial charge in [-0.2, -0.15) is 0 Å². The van der Waals surface area contributed by atoms with Crippen molar-refractivity contribution in [2.45, 2.75) is 19.4 Å². The van der Waals surface area contributed by atoms with E-state index in [1.807, 2.05) is 19.1 Å². The predicted molar refractivity (Wildman–Crippen MR) is 71.4 cm³/mol. The lowest BCUT2D eigenvalue weighted by atomic mass is 10.1. The number of thiophene rings is 1. The molecule has 1 aromatic carbocycles. The Hall–Kier alpha value is -0.280. The fourth-order valence-corrected chi connectivity index (χ4v) is 2.69. The monoisotopic (exact) mass is 261 g/mol. The van der Waals surface area contributed by atoms with Crippen LogP contribution in [0.1, 0.15) is 12.5 Å². The number of fused-ring (bicyclic) bond motifs is 1. The van der Waals surface area contributed by atoms with Crippen molar-refractivity contribution in [2.75, 3.05) is 0 Å². The van der Waals surface area contributed by atoms with Crippen LogP contribution in [0.2, 0.25) is 5.02 Å². The molecule has 0 fully saturated rings. The molecule has 1 unspecified atom stereocenters. The normalized spacial score (nSPS) is 12.5. The Balaban J connectivity index is 0.00000112. The number of hydrogen-bond donors (Lipinski definition) is 1. The molecular formula is C11H13Cl2NS. The van der Waals surface area contributed by atoms with Crippen LogP contribution in [0, 0.1) is 0 Å². The van der Waals surface area contributed by atoms with Gasteiger partial charge >= 0.3 is 0 Å². The highest BCUT2D eigenvalue weighted by molar-refractivity contribution is 7.17. The van der Waals surface area contributed by atoms with Crippen LogP contribution >= 0.6 is 35.3 Å². The second-order valence-electron chi connectivity index (χ2n) is 3.58. The van der Waals surface area contributed by atoms with E-state index in [1.165, 1.54) is 15.6 Å². The summed E-state index contributed by atoms with van der Waals surface area (Å²) in [6, 6.07) is 6.21. The molecule has 82 valence electrons. The Morgan fingerprint density at radius 2 is 2.20 bits per heavy atom. The van der Waals surface area contributed by atoms with Crippen LogP contribution in [0.15, 0.2) is 23.6 Å². The van der Waals surface area contributed by atoms with Gasteiger partial charge in [-0.1, -0.05) is 11.6 Å². The van der Waals surface area contributed by atoms with Crippen LogP contribution < -0.4 is 5.73 Å². The summed E-state index contributed by atoms with van der Waals surface area (Å²) in [7, 11) is 0. The van der Waals surface area contributed by atoms with Gasteiger partial charge in [0, 0.05) is 15.8 Å². The molecule has 2 N–H and O–H groups in total. The number of benzene rings is 1. The van der Waals surface area contributed by atoms with Gasteiger partial charge in [0.1, 0.15) is 0 Å². The molecular weight excluding hydrogens is 249 g/mol. The summed E-state index contributed by atoms with van der Waals surface area (Å²) in [5.74, 6) is 0. The minimum atomic E-state index is 0. The third kappa shape index (κ3) is 2.85. The van der Waals surface area contributed by atoms with Crippen LogP contribution in [0.25, 0.3) is 10.1 Å². The summed E-state index contributed by atoms with van der Waals surface area (Å²) in [6.45, 7) is 2.02. The molecule has 0 saturated heterocycles. The van der Waals surface area contributed by atoms with Crippen LogP contribution in [-0.2, 0) is 6.42 Å². The van der Waals surface area contributed by atoms with Gasteiger partial charge in [0.2, 0.25) is 0 Å². The predicted octanol–water partition coefficient (Wildman–Crippen LogP) is 3.87. The van der Waals surface area contributed by atoms with Crippen molar-refractivity contribution in [2.24, 2.45) is 5.73 Å². The molecule has 0 aliphatic carbocycles. The van der Waals surface area contributed by atoms with Crippen LogP contribution in [0.5, 0.6) is 0 Å². The summed E-state index contributed by atoms with van der Waals surface area (Å²) in [4.78, 5) is 0. The molecule has 2 rings (SSSR count). The summed E-state index contributed by atoms with van der Waals surface area (Å²) >= 11 is 7.71. The minimum absolute atomic E-state index is 0. The van der Waals surface area contributed by atoms with Crippen molar-refractivity contribution < 1.29 is 0 Å². The van der Waals surface area contributed by atoms with E-state index in [0.29, 0.717) is 0 Å². The summed E-state index contributed by atoms with van der Waals surface area (Å²) in [6.07, 6.45) is 0.917. The first-order chi connectivity index (χ1) is 6.66. The van der Waals surface area contributed by atoms with Gasteiger partial charge in [-0.05, 0) is 47.9 Å². The molecule has 0 amide bonds. The molecule has 0 saturated carbocycles. The van der Waals surface area contributed by atoms with E-state index in [1.54, 1.807) is 11.3 Å². The number of halogens is 2. The molecule has 2 aromatic rings. The SMILES string of the molecule is CC(N)Cc1csc2ccc(Cl)cc12.Cl. The van der Waals surface area contributed by atoms with Gasteiger partial charge in [0.05, 0.1) is 0 Å². The van der Waals surface area contributed by atoms with Gasteiger partial charge in [0.15, 0.2) is 0 Å². The van der Waals surface area contributed by atoms with Gasteiger partial charge in [-0.25, -0.2) is 0 Å². The van der Waals surface area contributed by atoms with Crippen molar-refractivity contribution in [1.82, 2.24) is 0 Å². The minimum Gasteiger partial charge on any atom is -0.328 e. The Labute approximate surface area is 105 Å². The zero-order chi connectivity index (χ0) is 10.1. The Kier molecular flexibility index (Phi) is 4.41. The molecule has 1 aromatic heterocycles. The summed E-state index contributed by atoms with van der Waals surface area (Å²) < 4.78 is 1.28. The third-order valence-corrected chi connectivity index (χ3v) is 3.40. The van der Waals surface area contributed by atoms with E-state index in [9.17, 15) is 0 Å². The average Bonchev–Trinajstić information content (AvgIpc) is 2.47. The van der Waals surface area contributed by atoms with Gasteiger partial charge < -0.3 is 5.73 Å². The van der Waals surface area contributed by atoms with Crippen molar-refractivity contribution in [1.29, 1.82) is 0 Å². The summed E-state index contributed by atoms with van der Waals surface area (Å²) in [5.41, 5.74) is 7.09. The maximum atomic E-state index is 5.96. The van der Waals surface area contributed by atoms with E-state index in [0.717, 1.165) is 11.4 Å². The zero-order valence-electron chi connectivity index (χ0n) is 8.37. The Morgan fingerprint density at radius 1 is 1.47 bits per heavy atom. The standard InChI is InChI=1S/C11H12ClNS.ClH/c1-7(13)4-8-6-14-11-3-2-9(12)5-10(8)11;/h2-3,5-7H,4,13H2,1H3;1H. The van der Waals surface area contributed by atoms with Crippen molar-refractivity contribution in [3.63, 3.8) is 0 Å². The van der Waals surface area contributed by atoms with Gasteiger partial charge in [0.25, 0.3) is 0 Å². The molecule has 0 aliphatic heterocycles. The lowest BCUT2D eigenvalue weighted by Crippen LogP contribution is -2.17. The summed E-state index contributed by atoms with van der Waals surface area (Å²) in [5, 5.41) is 4.21. The number of rotatable bonds is 2. The highest BCUT2D eigenvalue weighted by atomic mass is 35.5. The average molecular weight is 262 g/mol. The van der Waals surface area contributed by atoms with Gasteiger partial charge in [-0.15, -0.1) is 23.7 Å². The fraction of sp³-hybridized carbons (Fsp3) is 0.273. The zero-order valence-corrected chi connectivity index (χ0v) is 10.8. The van der Waals surface area contributed by atoms with Crippen molar-refractivity contribution in [3.05, 3.63) is 34.2 Å². The molecule has 0 aliphatic rings. The van der Waals surface area contributed by atoms with Crippen molar-refractivity contribution >= 4 is 45.4 Å². The van der Waals surface area contributed by atoms with Crippen LogP contribution in [-0.4, -0.2) is 6.04 Å². The quantitative estimate of drug-likeness (QED) is 0.873. The molecule has 1 nitrogen and oxygen atoms in total. The molecule has 0 spiro atoms. The molecule has 4 heteroatoms. The maximum Gasteiger partial charge on any atom is 0.0413 e. The number of nitrogens with two attached hydrogens (primary N) is 1. The second-order valence-corrected chi connectivity index (χ2v) is 4.93. The van der Waals surface area contributed by atoms with E-state index in [2.05, 4.69) is 11.4 Å². The van der Waals surface area contributed by atoms with E-state index in [-0.39, 0.29) is 18.4 Å². The highest BCUT2D eigenvalue weighted by Crippen LogP contribution is 2.29. The molecule has 0 bridgehead atoms. The van der Waals surface area contributed by atoms with E-state index >= 15 is 0 Å². The Bertz CT molecular complexity index is 451. The first-order valence-corrected chi connectivity index (χ1v) is 5.84. The maximum absolute atomic E-state index is 5.96. The van der Waals surface area contributed by atoms with Crippen molar-refractivity contribution in [3.8, 4) is 0 Å². The molecule has 1 atom stereocenters. The first-order valence-electron chi connectivity index (χ1n) is 4.58. The lowest BCUT2D eigenvalue weighted by molar-refractivity contribution is 0.743. The largest absolute Gasteiger partial charge is 0.328 e. The Morgan fingerprint density at radius 3 is 2.87 bits per heavy atom. The fourth-order valence-electron chi connectivity index (χ4n) is 1.56. The lowest BCUT2D eigenvalue weighted by Gasteiger charge is -2.03. The molecule has 15 heavy (non-hydrogen) atoms. The third-order valence-electron chi connectivity index (χ3n) is 2.16. The molecule has 1 heterocycles. The smallest absolute Gasteiger partial charge is 0.0413 e.